The molecule has 1 aromatic heterocycles. The third-order valence-electron chi connectivity index (χ3n) is 2.51. The first-order valence-corrected chi connectivity index (χ1v) is 6.36. The number of hydrogen-bond acceptors (Lipinski definition) is 3. The van der Waals surface area contributed by atoms with Crippen molar-refractivity contribution in [3.8, 4) is 0 Å². The monoisotopic (exact) mass is 241 g/mol. The maximum absolute atomic E-state index is 6.10. The summed E-state index contributed by atoms with van der Waals surface area (Å²) in [5.41, 5.74) is 1.06. The van der Waals surface area contributed by atoms with Gasteiger partial charge in [-0.1, -0.05) is 32.4 Å². The Morgan fingerprint density at radius 3 is 2.25 bits per heavy atom. The molecule has 1 aromatic rings. The summed E-state index contributed by atoms with van der Waals surface area (Å²) in [6.07, 6.45) is 4.66. The van der Waals surface area contributed by atoms with Crippen LogP contribution in [0.4, 0.5) is 5.82 Å². The van der Waals surface area contributed by atoms with Gasteiger partial charge in [0.2, 0.25) is 0 Å². The average Bonchev–Trinajstić information content (AvgIpc) is 2.28. The van der Waals surface area contributed by atoms with Gasteiger partial charge in [0, 0.05) is 18.7 Å². The van der Waals surface area contributed by atoms with Gasteiger partial charge in [-0.25, -0.2) is 9.97 Å². The van der Waals surface area contributed by atoms with Crippen LogP contribution in [0.5, 0.6) is 0 Å². The van der Waals surface area contributed by atoms with Crippen molar-refractivity contribution in [2.45, 2.75) is 40.0 Å². The van der Waals surface area contributed by atoms with E-state index in [4.69, 9.17) is 11.6 Å². The quantitative estimate of drug-likeness (QED) is 0.716. The maximum atomic E-state index is 6.10. The van der Waals surface area contributed by atoms with Crippen molar-refractivity contribution in [3.63, 3.8) is 0 Å². The lowest BCUT2D eigenvalue weighted by atomic mass is 10.2. The molecule has 1 heterocycles. The van der Waals surface area contributed by atoms with Gasteiger partial charge in [0.05, 0.1) is 0 Å². The van der Waals surface area contributed by atoms with Gasteiger partial charge in [-0.2, -0.15) is 0 Å². The molecule has 0 unspecified atom stereocenters. The minimum absolute atomic E-state index is 0.588. The molecule has 0 saturated heterocycles. The van der Waals surface area contributed by atoms with Gasteiger partial charge >= 0.3 is 0 Å². The first kappa shape index (κ1) is 13.2. The van der Waals surface area contributed by atoms with Crippen molar-refractivity contribution in [2.75, 3.05) is 18.0 Å². The summed E-state index contributed by atoms with van der Waals surface area (Å²) in [6.45, 7) is 8.49. The molecule has 0 aromatic carbocycles. The fraction of sp³-hybridized carbons (Fsp3) is 0.667. The van der Waals surface area contributed by atoms with Crippen LogP contribution >= 0.6 is 11.6 Å². The maximum Gasteiger partial charge on any atom is 0.137 e. The third-order valence-corrected chi connectivity index (χ3v) is 2.84. The van der Waals surface area contributed by atoms with Crippen LogP contribution in [0, 0.1) is 0 Å². The van der Waals surface area contributed by atoms with Crippen LogP contribution in [-0.2, 0) is 6.42 Å². The summed E-state index contributed by atoms with van der Waals surface area (Å²) in [4.78, 5) is 10.7. The predicted molar refractivity (Wildman–Crippen MR) is 69.2 cm³/mol. The highest BCUT2D eigenvalue weighted by Crippen LogP contribution is 2.24. The Hall–Kier alpha value is -0.830. The second-order valence-electron chi connectivity index (χ2n) is 3.81. The van der Waals surface area contributed by atoms with Crippen molar-refractivity contribution in [1.29, 1.82) is 0 Å². The van der Waals surface area contributed by atoms with E-state index in [-0.39, 0.29) is 0 Å². The van der Waals surface area contributed by atoms with Gasteiger partial charge in [0.15, 0.2) is 0 Å². The van der Waals surface area contributed by atoms with E-state index in [9.17, 15) is 0 Å². The number of anilines is 1. The highest BCUT2D eigenvalue weighted by atomic mass is 35.5. The Morgan fingerprint density at radius 1 is 1.12 bits per heavy atom. The van der Waals surface area contributed by atoms with E-state index in [0.717, 1.165) is 43.7 Å². The molecule has 0 N–H and O–H groups in total. The smallest absolute Gasteiger partial charge is 0.137 e. The second kappa shape index (κ2) is 6.69. The van der Waals surface area contributed by atoms with Crippen LogP contribution in [0.2, 0.25) is 5.15 Å². The molecule has 0 aliphatic heterocycles. The molecule has 4 heteroatoms. The van der Waals surface area contributed by atoms with Crippen molar-refractivity contribution in [2.24, 2.45) is 0 Å². The number of rotatable bonds is 6. The molecule has 0 fully saturated rings. The van der Waals surface area contributed by atoms with E-state index in [2.05, 4.69) is 35.6 Å². The van der Waals surface area contributed by atoms with E-state index < -0.39 is 0 Å². The molecule has 0 amide bonds. The first-order valence-electron chi connectivity index (χ1n) is 5.98. The van der Waals surface area contributed by atoms with Crippen molar-refractivity contribution in [3.05, 3.63) is 17.0 Å². The molecular weight excluding hydrogens is 222 g/mol. The molecule has 90 valence electrons. The number of nitrogens with zero attached hydrogens (tertiary/aromatic N) is 3. The molecule has 3 nitrogen and oxygen atoms in total. The molecule has 16 heavy (non-hydrogen) atoms. The van der Waals surface area contributed by atoms with Crippen LogP contribution in [0.15, 0.2) is 6.33 Å². The molecule has 0 bridgehead atoms. The zero-order valence-electron chi connectivity index (χ0n) is 10.3. The van der Waals surface area contributed by atoms with Gasteiger partial charge < -0.3 is 4.90 Å². The molecule has 0 spiro atoms. The van der Waals surface area contributed by atoms with Crippen molar-refractivity contribution in [1.82, 2.24) is 9.97 Å². The van der Waals surface area contributed by atoms with E-state index in [1.54, 1.807) is 6.33 Å². The first-order chi connectivity index (χ1) is 7.74. The third kappa shape index (κ3) is 3.08. The summed E-state index contributed by atoms with van der Waals surface area (Å²) in [6, 6.07) is 0. The van der Waals surface area contributed by atoms with Gasteiger partial charge in [-0.15, -0.1) is 0 Å². The van der Waals surface area contributed by atoms with E-state index in [0.29, 0.717) is 5.15 Å². The Kier molecular flexibility index (Phi) is 5.53. The summed E-state index contributed by atoms with van der Waals surface area (Å²) >= 11 is 6.10. The zero-order chi connectivity index (χ0) is 12.0. The van der Waals surface area contributed by atoms with Crippen LogP contribution in [-0.4, -0.2) is 23.1 Å². The standard InChI is InChI=1S/C12H20ClN3/c1-4-7-16(8-5-2)12-10(6-3)11(13)14-9-15-12/h9H,4-8H2,1-3H3. The van der Waals surface area contributed by atoms with E-state index >= 15 is 0 Å². The lowest BCUT2D eigenvalue weighted by Gasteiger charge is -2.24. The normalized spacial score (nSPS) is 10.5. The average molecular weight is 242 g/mol. The SMILES string of the molecule is CCCN(CCC)c1ncnc(Cl)c1CC. The number of aromatic nitrogens is 2. The molecular formula is C12H20ClN3. The zero-order valence-corrected chi connectivity index (χ0v) is 11.1. The molecule has 0 radical (unpaired) electrons. The van der Waals surface area contributed by atoms with E-state index in [1.165, 1.54) is 0 Å². The lowest BCUT2D eigenvalue weighted by Crippen LogP contribution is -2.27. The molecule has 1 rings (SSSR count). The predicted octanol–water partition coefficient (Wildman–Crippen LogP) is 3.32. The number of halogens is 1. The summed E-state index contributed by atoms with van der Waals surface area (Å²) < 4.78 is 0. The highest BCUT2D eigenvalue weighted by Gasteiger charge is 2.13. The Labute approximate surface area is 103 Å². The lowest BCUT2D eigenvalue weighted by molar-refractivity contribution is 0.726. The van der Waals surface area contributed by atoms with Crippen molar-refractivity contribution >= 4 is 17.4 Å². The van der Waals surface area contributed by atoms with Crippen molar-refractivity contribution < 1.29 is 0 Å². The van der Waals surface area contributed by atoms with Crippen LogP contribution in [0.1, 0.15) is 39.2 Å². The van der Waals surface area contributed by atoms with Gasteiger partial charge in [0.25, 0.3) is 0 Å². The summed E-state index contributed by atoms with van der Waals surface area (Å²) in [7, 11) is 0. The Bertz CT molecular complexity index is 322. The van der Waals surface area contributed by atoms with Crippen LogP contribution in [0.25, 0.3) is 0 Å². The van der Waals surface area contributed by atoms with Gasteiger partial charge in [0.1, 0.15) is 17.3 Å². The second-order valence-corrected chi connectivity index (χ2v) is 4.17. The minimum Gasteiger partial charge on any atom is -0.356 e. The molecule has 0 atom stereocenters. The number of hydrogen-bond donors (Lipinski definition) is 0. The Morgan fingerprint density at radius 2 is 1.75 bits per heavy atom. The van der Waals surface area contributed by atoms with Gasteiger partial charge in [-0.3, -0.25) is 0 Å². The summed E-state index contributed by atoms with van der Waals surface area (Å²) in [5.74, 6) is 1.01. The molecule has 0 saturated carbocycles. The Balaban J connectivity index is 3.02. The minimum atomic E-state index is 0.588. The molecule has 0 aliphatic rings. The molecule has 0 aliphatic carbocycles. The highest BCUT2D eigenvalue weighted by molar-refractivity contribution is 6.30. The topological polar surface area (TPSA) is 29.0 Å². The van der Waals surface area contributed by atoms with Crippen LogP contribution < -0.4 is 4.90 Å². The van der Waals surface area contributed by atoms with E-state index in [1.807, 2.05) is 0 Å². The van der Waals surface area contributed by atoms with Gasteiger partial charge in [-0.05, 0) is 19.3 Å². The fourth-order valence-corrected chi connectivity index (χ4v) is 2.08. The largest absolute Gasteiger partial charge is 0.356 e. The van der Waals surface area contributed by atoms with Crippen LogP contribution in [0.3, 0.4) is 0 Å². The fourth-order valence-electron chi connectivity index (χ4n) is 1.82. The summed E-state index contributed by atoms with van der Waals surface area (Å²) in [5, 5.41) is 0.588.